The molecule has 2 aromatic rings. The molecule has 130 valence electrons. The summed E-state index contributed by atoms with van der Waals surface area (Å²) in [5, 5.41) is 9.83. The Hall–Kier alpha value is -1.94. The number of benzene rings is 1. The Labute approximate surface area is 144 Å². The number of ether oxygens (including phenoxy) is 1. The Morgan fingerprint density at radius 3 is 2.25 bits per heavy atom. The highest BCUT2D eigenvalue weighted by molar-refractivity contribution is 5.55. The quantitative estimate of drug-likeness (QED) is 0.628. The van der Waals surface area contributed by atoms with E-state index in [0.29, 0.717) is 18.0 Å². The lowest BCUT2D eigenvalue weighted by molar-refractivity contribution is 0.173. The second-order valence-corrected chi connectivity index (χ2v) is 6.05. The summed E-state index contributed by atoms with van der Waals surface area (Å²) in [6.45, 7) is 4.90. The average Bonchev–Trinajstić information content (AvgIpc) is 2.64. The van der Waals surface area contributed by atoms with Gasteiger partial charge in [0.2, 0.25) is 0 Å². The molecule has 24 heavy (non-hydrogen) atoms. The first-order valence-electron chi connectivity index (χ1n) is 8.97. The minimum Gasteiger partial charge on any atom is -0.490 e. The molecule has 0 radical (unpaired) electrons. The SMILES string of the molecule is CCCCCCCOc1cnc(-c2ccc(C(O)CC)cc2)nc1. The van der Waals surface area contributed by atoms with E-state index in [-0.39, 0.29) is 0 Å². The van der Waals surface area contributed by atoms with Gasteiger partial charge in [0.05, 0.1) is 25.1 Å². The van der Waals surface area contributed by atoms with E-state index in [1.165, 1.54) is 25.7 Å². The number of aromatic nitrogens is 2. The van der Waals surface area contributed by atoms with Crippen molar-refractivity contribution < 1.29 is 9.84 Å². The molecule has 0 amide bonds. The first-order valence-corrected chi connectivity index (χ1v) is 8.97. The van der Waals surface area contributed by atoms with Gasteiger partial charge in [0, 0.05) is 5.56 Å². The lowest BCUT2D eigenvalue weighted by Gasteiger charge is -2.09. The van der Waals surface area contributed by atoms with Crippen LogP contribution in [0.1, 0.15) is 64.0 Å². The molecule has 1 N–H and O–H groups in total. The van der Waals surface area contributed by atoms with Crippen molar-refractivity contribution in [3.8, 4) is 17.1 Å². The van der Waals surface area contributed by atoms with E-state index in [1.807, 2.05) is 31.2 Å². The molecule has 1 aromatic heterocycles. The van der Waals surface area contributed by atoms with E-state index in [9.17, 15) is 5.11 Å². The largest absolute Gasteiger partial charge is 0.490 e. The zero-order valence-electron chi connectivity index (χ0n) is 14.7. The number of nitrogens with zero attached hydrogens (tertiary/aromatic N) is 2. The predicted molar refractivity (Wildman–Crippen MR) is 97.0 cm³/mol. The summed E-state index contributed by atoms with van der Waals surface area (Å²) in [6, 6.07) is 7.73. The van der Waals surface area contributed by atoms with Gasteiger partial charge in [0.1, 0.15) is 0 Å². The summed E-state index contributed by atoms with van der Waals surface area (Å²) >= 11 is 0. The predicted octanol–water partition coefficient (Wildman–Crippen LogP) is 4.94. The van der Waals surface area contributed by atoms with Crippen molar-refractivity contribution in [2.75, 3.05) is 6.61 Å². The van der Waals surface area contributed by atoms with Gasteiger partial charge >= 0.3 is 0 Å². The Bertz CT molecular complexity index is 582. The van der Waals surface area contributed by atoms with Crippen LogP contribution in [0.5, 0.6) is 5.75 Å². The van der Waals surface area contributed by atoms with Crippen molar-refractivity contribution >= 4 is 0 Å². The topological polar surface area (TPSA) is 55.2 Å². The highest BCUT2D eigenvalue weighted by atomic mass is 16.5. The maximum atomic E-state index is 9.83. The van der Waals surface area contributed by atoms with Crippen LogP contribution < -0.4 is 4.74 Å². The normalized spacial score (nSPS) is 12.1. The van der Waals surface area contributed by atoms with Crippen LogP contribution in [-0.4, -0.2) is 21.7 Å². The molecular weight excluding hydrogens is 300 g/mol. The van der Waals surface area contributed by atoms with E-state index < -0.39 is 6.10 Å². The van der Waals surface area contributed by atoms with Crippen molar-refractivity contribution in [3.63, 3.8) is 0 Å². The van der Waals surface area contributed by atoms with Crippen LogP contribution in [0.25, 0.3) is 11.4 Å². The van der Waals surface area contributed by atoms with Crippen LogP contribution in [0, 0.1) is 0 Å². The van der Waals surface area contributed by atoms with Crippen molar-refractivity contribution in [1.82, 2.24) is 9.97 Å². The highest BCUT2D eigenvalue weighted by Crippen LogP contribution is 2.21. The summed E-state index contributed by atoms with van der Waals surface area (Å²) < 4.78 is 5.68. The van der Waals surface area contributed by atoms with Gasteiger partial charge < -0.3 is 9.84 Å². The van der Waals surface area contributed by atoms with Crippen LogP contribution in [-0.2, 0) is 0 Å². The van der Waals surface area contributed by atoms with Gasteiger partial charge in [-0.3, -0.25) is 0 Å². The van der Waals surface area contributed by atoms with Gasteiger partial charge in [-0.25, -0.2) is 9.97 Å². The van der Waals surface area contributed by atoms with E-state index in [4.69, 9.17) is 4.74 Å². The second kappa shape index (κ2) is 10.0. The molecule has 4 nitrogen and oxygen atoms in total. The Morgan fingerprint density at radius 1 is 0.958 bits per heavy atom. The van der Waals surface area contributed by atoms with Crippen molar-refractivity contribution in [3.05, 3.63) is 42.2 Å². The summed E-state index contributed by atoms with van der Waals surface area (Å²) in [5.74, 6) is 1.38. The van der Waals surface area contributed by atoms with Crippen LogP contribution in [0.15, 0.2) is 36.7 Å². The third-order valence-electron chi connectivity index (χ3n) is 4.09. The Balaban J connectivity index is 1.85. The molecule has 1 aromatic carbocycles. The van der Waals surface area contributed by atoms with Crippen molar-refractivity contribution in [2.24, 2.45) is 0 Å². The van der Waals surface area contributed by atoms with Gasteiger partial charge in [-0.15, -0.1) is 0 Å². The number of hydrogen-bond donors (Lipinski definition) is 1. The first kappa shape index (κ1) is 18.4. The molecule has 0 saturated heterocycles. The molecule has 0 spiro atoms. The molecule has 1 unspecified atom stereocenters. The zero-order valence-corrected chi connectivity index (χ0v) is 14.7. The Morgan fingerprint density at radius 2 is 1.62 bits per heavy atom. The average molecular weight is 328 g/mol. The van der Waals surface area contributed by atoms with Crippen LogP contribution in [0.3, 0.4) is 0 Å². The standard InChI is InChI=1S/C20H28N2O2/c1-3-5-6-7-8-13-24-18-14-21-20(22-15-18)17-11-9-16(10-12-17)19(23)4-2/h9-12,14-15,19,23H,3-8,13H2,1-2H3. The molecule has 0 saturated carbocycles. The smallest absolute Gasteiger partial charge is 0.159 e. The summed E-state index contributed by atoms with van der Waals surface area (Å²) in [7, 11) is 0. The van der Waals surface area contributed by atoms with E-state index in [1.54, 1.807) is 12.4 Å². The summed E-state index contributed by atoms with van der Waals surface area (Å²) in [5.41, 5.74) is 1.86. The molecule has 0 aliphatic rings. The van der Waals surface area contributed by atoms with E-state index in [0.717, 1.165) is 24.2 Å². The molecular formula is C20H28N2O2. The van der Waals surface area contributed by atoms with Crippen LogP contribution >= 0.6 is 0 Å². The van der Waals surface area contributed by atoms with Crippen LogP contribution in [0.2, 0.25) is 0 Å². The van der Waals surface area contributed by atoms with Gasteiger partial charge in [0.25, 0.3) is 0 Å². The lowest BCUT2D eigenvalue weighted by atomic mass is 10.1. The minimum atomic E-state index is -0.409. The number of unbranched alkanes of at least 4 members (excludes halogenated alkanes) is 4. The van der Waals surface area contributed by atoms with Gasteiger partial charge in [-0.05, 0) is 18.4 Å². The first-order chi connectivity index (χ1) is 11.7. The number of aliphatic hydroxyl groups is 1. The molecule has 0 aliphatic carbocycles. The minimum absolute atomic E-state index is 0.409. The Kier molecular flexibility index (Phi) is 7.69. The molecule has 1 heterocycles. The van der Waals surface area contributed by atoms with Gasteiger partial charge in [-0.2, -0.15) is 0 Å². The molecule has 1 atom stereocenters. The van der Waals surface area contributed by atoms with Crippen molar-refractivity contribution in [1.29, 1.82) is 0 Å². The molecule has 4 heteroatoms. The van der Waals surface area contributed by atoms with Gasteiger partial charge in [0.15, 0.2) is 11.6 Å². The highest BCUT2D eigenvalue weighted by Gasteiger charge is 2.06. The van der Waals surface area contributed by atoms with Crippen LogP contribution in [0.4, 0.5) is 0 Å². The molecule has 0 aliphatic heterocycles. The van der Waals surface area contributed by atoms with E-state index >= 15 is 0 Å². The van der Waals surface area contributed by atoms with E-state index in [2.05, 4.69) is 16.9 Å². The summed E-state index contributed by atoms with van der Waals surface area (Å²) in [6.07, 6.45) is 9.87. The maximum Gasteiger partial charge on any atom is 0.159 e. The number of hydrogen-bond acceptors (Lipinski definition) is 4. The van der Waals surface area contributed by atoms with Gasteiger partial charge in [-0.1, -0.05) is 63.8 Å². The second-order valence-electron chi connectivity index (χ2n) is 6.05. The molecule has 0 bridgehead atoms. The number of rotatable bonds is 10. The fourth-order valence-electron chi connectivity index (χ4n) is 2.53. The zero-order chi connectivity index (χ0) is 17.2. The fraction of sp³-hybridized carbons (Fsp3) is 0.500. The molecule has 0 fully saturated rings. The van der Waals surface area contributed by atoms with Crippen molar-refractivity contribution in [2.45, 2.75) is 58.5 Å². The number of aliphatic hydroxyl groups excluding tert-OH is 1. The lowest BCUT2D eigenvalue weighted by Crippen LogP contribution is -1.99. The third kappa shape index (κ3) is 5.60. The third-order valence-corrected chi connectivity index (χ3v) is 4.09. The molecule has 2 rings (SSSR count). The summed E-state index contributed by atoms with van der Waals surface area (Å²) in [4.78, 5) is 8.75. The maximum absolute atomic E-state index is 9.83. The monoisotopic (exact) mass is 328 g/mol. The fourth-order valence-corrected chi connectivity index (χ4v) is 2.53.